The van der Waals surface area contributed by atoms with Crippen molar-refractivity contribution in [3.8, 4) is 11.8 Å². The van der Waals surface area contributed by atoms with Gasteiger partial charge in [-0.2, -0.15) is 0 Å². The highest BCUT2D eigenvalue weighted by molar-refractivity contribution is 6.67. The maximum absolute atomic E-state index is 13.1. The van der Waals surface area contributed by atoms with Crippen molar-refractivity contribution in [1.82, 2.24) is 9.38 Å². The Labute approximate surface area is 135 Å². The van der Waals surface area contributed by atoms with Gasteiger partial charge in [-0.25, -0.2) is 9.37 Å². The minimum Gasteiger partial charge on any atom is -0.275 e. The van der Waals surface area contributed by atoms with E-state index < -0.39 is 10.8 Å². The van der Waals surface area contributed by atoms with Crippen LogP contribution in [0, 0.1) is 17.7 Å². The van der Waals surface area contributed by atoms with E-state index in [1.165, 1.54) is 22.7 Å². The molecular formula is C17H8ClFN2O2. The van der Waals surface area contributed by atoms with Crippen LogP contribution < -0.4 is 5.56 Å². The Kier molecular flexibility index (Phi) is 3.92. The van der Waals surface area contributed by atoms with Gasteiger partial charge in [0.2, 0.25) is 0 Å². The minimum atomic E-state index is -0.855. The zero-order valence-electron chi connectivity index (χ0n) is 11.6. The molecule has 0 aliphatic heterocycles. The fraction of sp³-hybridized carbons (Fsp3) is 0. The first kappa shape index (κ1) is 14.9. The summed E-state index contributed by atoms with van der Waals surface area (Å²) in [6, 6.07) is 9.13. The van der Waals surface area contributed by atoms with Gasteiger partial charge in [-0.15, -0.1) is 0 Å². The average Bonchev–Trinajstić information content (AvgIpc) is 2.53. The highest BCUT2D eigenvalue weighted by Gasteiger charge is 2.10. The van der Waals surface area contributed by atoms with Crippen LogP contribution in [0.4, 0.5) is 4.39 Å². The molecule has 0 saturated carbocycles. The molecule has 6 heteroatoms. The predicted octanol–water partition coefficient (Wildman–Crippen LogP) is 2.61. The molecular weight excluding hydrogens is 319 g/mol. The van der Waals surface area contributed by atoms with Crippen LogP contribution in [0.5, 0.6) is 0 Å². The molecule has 112 valence electrons. The molecule has 2 aromatic heterocycles. The van der Waals surface area contributed by atoms with Gasteiger partial charge < -0.3 is 0 Å². The van der Waals surface area contributed by atoms with Gasteiger partial charge in [-0.05, 0) is 41.9 Å². The number of halogens is 2. The second kappa shape index (κ2) is 6.03. The Bertz CT molecular complexity index is 1050. The van der Waals surface area contributed by atoms with Gasteiger partial charge >= 0.3 is 0 Å². The molecule has 3 aromatic rings. The Morgan fingerprint density at radius 3 is 2.61 bits per heavy atom. The molecule has 0 saturated heterocycles. The summed E-state index contributed by atoms with van der Waals surface area (Å²) in [5, 5.41) is -0.855. The average molecular weight is 327 g/mol. The third-order valence-electron chi connectivity index (χ3n) is 3.10. The lowest BCUT2D eigenvalue weighted by Gasteiger charge is -2.01. The summed E-state index contributed by atoms with van der Waals surface area (Å²) >= 11 is 5.33. The van der Waals surface area contributed by atoms with Crippen LogP contribution >= 0.6 is 11.6 Å². The molecule has 0 radical (unpaired) electrons. The third-order valence-corrected chi connectivity index (χ3v) is 3.30. The molecule has 0 aliphatic rings. The number of carbonyl (C=O) groups excluding carboxylic acids is 1. The number of rotatable bonds is 1. The first-order chi connectivity index (χ1) is 11.0. The minimum absolute atomic E-state index is 0.192. The summed E-state index contributed by atoms with van der Waals surface area (Å²) in [5.41, 5.74) is 0.745. The van der Waals surface area contributed by atoms with E-state index in [9.17, 15) is 14.0 Å². The van der Waals surface area contributed by atoms with E-state index >= 15 is 0 Å². The SMILES string of the molecule is O=C(Cl)c1cnc2cc(C#Cc3cccc(F)c3)ccn2c1=O. The lowest BCUT2D eigenvalue weighted by molar-refractivity contribution is 0.107. The predicted molar refractivity (Wildman–Crippen MR) is 84.0 cm³/mol. The molecule has 0 amide bonds. The number of carbonyl (C=O) groups is 1. The van der Waals surface area contributed by atoms with Gasteiger partial charge in [0.1, 0.15) is 17.0 Å². The van der Waals surface area contributed by atoms with Crippen LogP contribution in [0.25, 0.3) is 5.65 Å². The van der Waals surface area contributed by atoms with Crippen LogP contribution in [0.2, 0.25) is 0 Å². The van der Waals surface area contributed by atoms with E-state index in [2.05, 4.69) is 16.8 Å². The third kappa shape index (κ3) is 3.12. The number of pyridine rings is 1. The van der Waals surface area contributed by atoms with Crippen LogP contribution in [-0.4, -0.2) is 14.6 Å². The molecule has 0 N–H and O–H groups in total. The van der Waals surface area contributed by atoms with Crippen LogP contribution in [0.3, 0.4) is 0 Å². The van der Waals surface area contributed by atoms with Gasteiger partial charge in [-0.1, -0.05) is 17.9 Å². The number of nitrogens with zero attached hydrogens (tertiary/aromatic N) is 2. The van der Waals surface area contributed by atoms with Crippen LogP contribution in [-0.2, 0) is 0 Å². The molecule has 23 heavy (non-hydrogen) atoms. The smallest absolute Gasteiger partial charge is 0.270 e. The quantitative estimate of drug-likeness (QED) is 0.510. The summed E-state index contributed by atoms with van der Waals surface area (Å²) in [7, 11) is 0. The summed E-state index contributed by atoms with van der Waals surface area (Å²) in [6.07, 6.45) is 2.60. The van der Waals surface area contributed by atoms with E-state index in [1.54, 1.807) is 24.3 Å². The van der Waals surface area contributed by atoms with Crippen molar-refractivity contribution >= 4 is 22.5 Å². The van der Waals surface area contributed by atoms with Crippen molar-refractivity contribution in [2.24, 2.45) is 0 Å². The topological polar surface area (TPSA) is 51.4 Å². The Balaban J connectivity index is 2.04. The van der Waals surface area contributed by atoms with Crippen LogP contribution in [0.15, 0.2) is 53.6 Å². The standard InChI is InChI=1S/C17H8ClFN2O2/c18-16(22)14-10-20-15-9-12(6-7-21(15)17(14)23)5-4-11-2-1-3-13(19)8-11/h1-3,6-10H. The molecule has 2 heterocycles. The van der Waals surface area contributed by atoms with E-state index in [1.807, 2.05) is 0 Å². The highest BCUT2D eigenvalue weighted by Crippen LogP contribution is 2.06. The van der Waals surface area contributed by atoms with E-state index in [-0.39, 0.29) is 11.4 Å². The summed E-state index contributed by atoms with van der Waals surface area (Å²) in [6.45, 7) is 0. The summed E-state index contributed by atoms with van der Waals surface area (Å²) in [5.74, 6) is 5.34. The van der Waals surface area contributed by atoms with Gasteiger partial charge in [0, 0.05) is 23.5 Å². The molecule has 0 unspecified atom stereocenters. The van der Waals surface area contributed by atoms with Gasteiger partial charge in [0.15, 0.2) is 0 Å². The molecule has 0 spiro atoms. The van der Waals surface area contributed by atoms with Crippen LogP contribution in [0.1, 0.15) is 21.5 Å². The maximum Gasteiger partial charge on any atom is 0.270 e. The molecule has 3 rings (SSSR count). The summed E-state index contributed by atoms with van der Waals surface area (Å²) < 4.78 is 14.3. The lowest BCUT2D eigenvalue weighted by atomic mass is 10.2. The number of hydrogen-bond acceptors (Lipinski definition) is 3. The molecule has 4 nitrogen and oxygen atoms in total. The lowest BCUT2D eigenvalue weighted by Crippen LogP contribution is -2.20. The number of fused-ring (bicyclic) bond motifs is 1. The number of aromatic nitrogens is 2. The monoisotopic (exact) mass is 326 g/mol. The van der Waals surface area contributed by atoms with Gasteiger partial charge in [-0.3, -0.25) is 14.0 Å². The first-order valence-corrected chi connectivity index (χ1v) is 6.91. The van der Waals surface area contributed by atoms with Crippen molar-refractivity contribution in [1.29, 1.82) is 0 Å². The van der Waals surface area contributed by atoms with Crippen molar-refractivity contribution in [2.75, 3.05) is 0 Å². The maximum atomic E-state index is 13.1. The fourth-order valence-electron chi connectivity index (χ4n) is 2.00. The molecule has 0 atom stereocenters. The summed E-state index contributed by atoms with van der Waals surface area (Å²) in [4.78, 5) is 27.2. The van der Waals surface area contributed by atoms with E-state index in [4.69, 9.17) is 11.6 Å². The molecule has 0 aliphatic carbocycles. The van der Waals surface area contributed by atoms with E-state index in [0.29, 0.717) is 16.8 Å². The fourth-order valence-corrected chi connectivity index (χ4v) is 2.13. The number of hydrogen-bond donors (Lipinski definition) is 0. The number of benzene rings is 1. The van der Waals surface area contributed by atoms with Gasteiger partial charge in [0.25, 0.3) is 10.8 Å². The zero-order chi connectivity index (χ0) is 16.4. The first-order valence-electron chi connectivity index (χ1n) is 6.53. The van der Waals surface area contributed by atoms with Crippen molar-refractivity contribution in [2.45, 2.75) is 0 Å². The van der Waals surface area contributed by atoms with Crippen molar-refractivity contribution < 1.29 is 9.18 Å². The normalized spacial score (nSPS) is 10.2. The highest BCUT2D eigenvalue weighted by atomic mass is 35.5. The van der Waals surface area contributed by atoms with E-state index in [0.717, 1.165) is 6.20 Å². The molecule has 0 fully saturated rings. The second-order valence-corrected chi connectivity index (χ2v) is 5.00. The molecule has 0 bridgehead atoms. The van der Waals surface area contributed by atoms with Crippen molar-refractivity contribution in [3.05, 3.63) is 81.7 Å². The Morgan fingerprint density at radius 1 is 1.17 bits per heavy atom. The Hall–Kier alpha value is -2.97. The second-order valence-electron chi connectivity index (χ2n) is 4.65. The zero-order valence-corrected chi connectivity index (χ0v) is 12.3. The van der Waals surface area contributed by atoms with Gasteiger partial charge in [0.05, 0.1) is 0 Å². The van der Waals surface area contributed by atoms with Crippen molar-refractivity contribution in [3.63, 3.8) is 0 Å². The molecule has 1 aromatic carbocycles. The largest absolute Gasteiger partial charge is 0.275 e. The Morgan fingerprint density at radius 2 is 1.91 bits per heavy atom.